The van der Waals surface area contributed by atoms with E-state index in [1.165, 1.54) is 45.0 Å². The number of nitrogens with zero attached hydrogens (tertiary/aromatic N) is 3. The summed E-state index contributed by atoms with van der Waals surface area (Å²) < 4.78 is 64.0. The molecule has 1 aliphatic carbocycles. The van der Waals surface area contributed by atoms with Crippen molar-refractivity contribution in [1.29, 1.82) is 0 Å². The van der Waals surface area contributed by atoms with Crippen molar-refractivity contribution in [3.8, 4) is 11.3 Å². The average molecular weight is 486 g/mol. The van der Waals surface area contributed by atoms with Gasteiger partial charge >= 0.3 is 6.18 Å². The van der Waals surface area contributed by atoms with Crippen molar-refractivity contribution in [1.82, 2.24) is 15.1 Å². The lowest BCUT2D eigenvalue weighted by atomic mass is 10.0. The zero-order chi connectivity index (χ0) is 24.2. The van der Waals surface area contributed by atoms with E-state index in [1.807, 2.05) is 0 Å². The second-order valence-corrected chi connectivity index (χ2v) is 10.2. The van der Waals surface area contributed by atoms with E-state index in [-0.39, 0.29) is 28.7 Å². The topological polar surface area (TPSA) is 101 Å². The van der Waals surface area contributed by atoms with E-state index in [4.69, 9.17) is 5.73 Å². The Balaban J connectivity index is 0.000000323. The van der Waals surface area contributed by atoms with Crippen molar-refractivity contribution in [3.05, 3.63) is 35.4 Å². The molecule has 11 heteroatoms. The zero-order valence-electron chi connectivity index (χ0n) is 18.8. The summed E-state index contributed by atoms with van der Waals surface area (Å²) in [6, 6.07) is 4.44. The number of nitrogen functional groups attached to an aromatic ring is 1. The van der Waals surface area contributed by atoms with E-state index < -0.39 is 21.8 Å². The lowest BCUT2D eigenvalue weighted by Crippen LogP contribution is -2.29. The molecule has 33 heavy (non-hydrogen) atoms. The molecule has 4 rings (SSSR count). The second-order valence-electron chi connectivity index (χ2n) is 8.47. The van der Waals surface area contributed by atoms with Gasteiger partial charge < -0.3 is 10.6 Å². The number of anilines is 2. The summed E-state index contributed by atoms with van der Waals surface area (Å²) in [5.74, 6) is 0.533. The van der Waals surface area contributed by atoms with Gasteiger partial charge in [0.1, 0.15) is 5.82 Å². The number of piperidine rings is 1. The minimum atomic E-state index is -4.60. The number of sulfonamides is 1. The summed E-state index contributed by atoms with van der Waals surface area (Å²) in [5.41, 5.74) is 5.86. The van der Waals surface area contributed by atoms with E-state index in [9.17, 15) is 21.6 Å². The summed E-state index contributed by atoms with van der Waals surface area (Å²) in [6.07, 6.45) is 2.48. The molecule has 0 spiro atoms. The normalized spacial score (nSPS) is 17.2. The van der Waals surface area contributed by atoms with Gasteiger partial charge in [-0.3, -0.25) is 4.72 Å². The Bertz CT molecular complexity index is 1070. The van der Waals surface area contributed by atoms with Gasteiger partial charge in [-0.2, -0.15) is 13.2 Å². The van der Waals surface area contributed by atoms with Crippen LogP contribution in [0, 0.1) is 0 Å². The van der Waals surface area contributed by atoms with Gasteiger partial charge in [0.2, 0.25) is 10.0 Å². The standard InChI is InChI=1S/C15H15F3N4O2S.C7H15N/c1-25(23,24)22-13-6-9(15(16,17)18)4-5-10(13)12-7-11(8-2-3-8)14(19)21-20-12;1-2-8-6-4-3-5-7-8/h4-8,22H,2-3H2,1H3,(H2,19,21);2-7H2,1H3. The van der Waals surface area contributed by atoms with Crippen LogP contribution in [-0.2, 0) is 16.2 Å². The predicted molar refractivity (Wildman–Crippen MR) is 123 cm³/mol. The number of benzene rings is 1. The number of alkyl halides is 3. The van der Waals surface area contributed by atoms with Crippen LogP contribution in [-0.4, -0.2) is 49.4 Å². The number of nitrogens with two attached hydrogens (primary N) is 1. The van der Waals surface area contributed by atoms with Gasteiger partial charge in [0.05, 0.1) is 23.2 Å². The largest absolute Gasteiger partial charge is 0.416 e. The minimum Gasteiger partial charge on any atom is -0.382 e. The fraction of sp³-hybridized carbons (Fsp3) is 0.545. The zero-order valence-corrected chi connectivity index (χ0v) is 19.6. The molecule has 1 saturated heterocycles. The summed E-state index contributed by atoms with van der Waals surface area (Å²) in [7, 11) is -3.78. The summed E-state index contributed by atoms with van der Waals surface area (Å²) >= 11 is 0. The highest BCUT2D eigenvalue weighted by atomic mass is 32.2. The molecule has 2 aromatic rings. The van der Waals surface area contributed by atoms with E-state index in [0.29, 0.717) is 0 Å². The van der Waals surface area contributed by atoms with Crippen LogP contribution in [0.15, 0.2) is 24.3 Å². The first-order valence-corrected chi connectivity index (χ1v) is 12.9. The van der Waals surface area contributed by atoms with Crippen molar-refractivity contribution in [3.63, 3.8) is 0 Å². The molecule has 7 nitrogen and oxygen atoms in total. The highest BCUT2D eigenvalue weighted by Crippen LogP contribution is 2.43. The van der Waals surface area contributed by atoms with E-state index >= 15 is 0 Å². The molecule has 0 atom stereocenters. The second kappa shape index (κ2) is 10.3. The van der Waals surface area contributed by atoms with Gasteiger partial charge in [-0.1, -0.05) is 19.4 Å². The van der Waals surface area contributed by atoms with Crippen molar-refractivity contribution < 1.29 is 21.6 Å². The van der Waals surface area contributed by atoms with Crippen LogP contribution in [0.3, 0.4) is 0 Å². The Kier molecular flexibility index (Phi) is 7.84. The molecule has 0 amide bonds. The minimum absolute atomic E-state index is 0.202. The lowest BCUT2D eigenvalue weighted by Gasteiger charge is -2.24. The number of halogens is 3. The summed E-state index contributed by atoms with van der Waals surface area (Å²) in [5, 5.41) is 7.76. The van der Waals surface area contributed by atoms with Gasteiger partial charge in [0.15, 0.2) is 0 Å². The molecule has 2 fully saturated rings. The molecule has 0 bridgehead atoms. The van der Waals surface area contributed by atoms with Gasteiger partial charge in [-0.05, 0) is 69.4 Å². The maximum absolute atomic E-state index is 12.9. The quantitative estimate of drug-likeness (QED) is 0.647. The van der Waals surface area contributed by atoms with Crippen LogP contribution in [0.2, 0.25) is 0 Å². The third kappa shape index (κ3) is 7.29. The number of aromatic nitrogens is 2. The maximum atomic E-state index is 12.9. The van der Waals surface area contributed by atoms with Gasteiger partial charge in [-0.25, -0.2) is 8.42 Å². The predicted octanol–water partition coefficient (Wildman–Crippen LogP) is 4.49. The van der Waals surface area contributed by atoms with Gasteiger partial charge in [-0.15, -0.1) is 10.2 Å². The van der Waals surface area contributed by atoms with Crippen molar-refractivity contribution in [2.75, 3.05) is 36.3 Å². The van der Waals surface area contributed by atoms with Crippen LogP contribution in [0.25, 0.3) is 11.3 Å². The highest BCUT2D eigenvalue weighted by molar-refractivity contribution is 7.92. The molecule has 2 heterocycles. The molecular weight excluding hydrogens is 455 g/mol. The van der Waals surface area contributed by atoms with E-state index in [1.54, 1.807) is 6.07 Å². The third-order valence-electron chi connectivity index (χ3n) is 5.68. The van der Waals surface area contributed by atoms with Crippen LogP contribution in [0.4, 0.5) is 24.7 Å². The monoisotopic (exact) mass is 485 g/mol. The van der Waals surface area contributed by atoms with Crippen LogP contribution in [0.5, 0.6) is 0 Å². The van der Waals surface area contributed by atoms with Gasteiger partial charge in [0, 0.05) is 11.1 Å². The fourth-order valence-corrected chi connectivity index (χ4v) is 4.34. The molecule has 0 unspecified atom stereocenters. The Morgan fingerprint density at radius 1 is 1.12 bits per heavy atom. The Morgan fingerprint density at radius 3 is 2.30 bits per heavy atom. The Morgan fingerprint density at radius 2 is 1.79 bits per heavy atom. The fourth-order valence-electron chi connectivity index (χ4n) is 3.77. The van der Waals surface area contributed by atoms with Crippen molar-refractivity contribution >= 4 is 21.5 Å². The molecule has 2 aliphatic rings. The van der Waals surface area contributed by atoms with E-state index in [2.05, 4.69) is 26.7 Å². The lowest BCUT2D eigenvalue weighted by molar-refractivity contribution is -0.137. The first-order valence-electron chi connectivity index (χ1n) is 11.0. The van der Waals surface area contributed by atoms with E-state index in [0.717, 1.165) is 36.8 Å². The summed E-state index contributed by atoms with van der Waals surface area (Å²) in [4.78, 5) is 2.52. The summed E-state index contributed by atoms with van der Waals surface area (Å²) in [6.45, 7) is 6.18. The molecule has 1 aromatic carbocycles. The number of hydrogen-bond acceptors (Lipinski definition) is 6. The molecule has 3 N–H and O–H groups in total. The van der Waals surface area contributed by atoms with Crippen molar-refractivity contribution in [2.24, 2.45) is 0 Å². The molecule has 182 valence electrons. The molecule has 1 aromatic heterocycles. The van der Waals surface area contributed by atoms with Gasteiger partial charge in [0.25, 0.3) is 0 Å². The Labute approximate surface area is 192 Å². The van der Waals surface area contributed by atoms with Crippen LogP contribution >= 0.6 is 0 Å². The van der Waals surface area contributed by atoms with Crippen LogP contribution < -0.4 is 10.5 Å². The Hall–Kier alpha value is -2.40. The molecular formula is C22H30F3N5O2S. The number of hydrogen-bond donors (Lipinski definition) is 2. The maximum Gasteiger partial charge on any atom is 0.416 e. The first kappa shape index (κ1) is 25.2. The number of rotatable bonds is 5. The SMILES string of the molecule is CCN1CCCCC1.CS(=O)(=O)Nc1cc(C(F)(F)F)ccc1-c1cc(C2CC2)c(N)nn1. The first-order chi connectivity index (χ1) is 15.5. The smallest absolute Gasteiger partial charge is 0.382 e. The number of likely N-dealkylation sites (tertiary alicyclic amines) is 1. The molecule has 1 aliphatic heterocycles. The molecule has 1 saturated carbocycles. The van der Waals surface area contributed by atoms with Crippen LogP contribution in [0.1, 0.15) is 56.1 Å². The third-order valence-corrected chi connectivity index (χ3v) is 6.28. The number of nitrogens with one attached hydrogen (secondary N) is 1. The highest BCUT2D eigenvalue weighted by Gasteiger charge is 2.32. The average Bonchev–Trinajstić information content (AvgIpc) is 3.59. The van der Waals surface area contributed by atoms with Crippen molar-refractivity contribution in [2.45, 2.75) is 51.1 Å². The molecule has 0 radical (unpaired) electrons.